The molecule has 0 aliphatic heterocycles. The van der Waals surface area contributed by atoms with Gasteiger partial charge in [0.05, 0.1) is 12.5 Å². The molecule has 3 nitrogen and oxygen atoms in total. The number of benzene rings is 1. The summed E-state index contributed by atoms with van der Waals surface area (Å²) in [6, 6.07) is 7.00. The number of amides is 1. The number of ether oxygens (including phenoxy) is 1. The average molecular weight is 270 g/mol. The molecule has 1 atom stereocenters. The van der Waals surface area contributed by atoms with Crippen LogP contribution in [-0.4, -0.2) is 24.9 Å². The van der Waals surface area contributed by atoms with Crippen LogP contribution in [0.3, 0.4) is 0 Å². The third kappa shape index (κ3) is 4.96. The Kier molecular flexibility index (Phi) is 5.99. The fourth-order valence-electron chi connectivity index (χ4n) is 1.64. The van der Waals surface area contributed by atoms with Crippen molar-refractivity contribution in [3.63, 3.8) is 0 Å². The lowest BCUT2D eigenvalue weighted by molar-refractivity contribution is 0.0953. The predicted molar refractivity (Wildman–Crippen MR) is 74.4 cm³/mol. The first-order valence-electron chi connectivity index (χ1n) is 6.09. The second-order valence-corrected chi connectivity index (χ2v) is 5.28. The molecule has 1 rings (SSSR count). The standard InChI is InChI=1S/C14H20ClNO2/c1-10(2)8-12(15)9-16-14(17)11-4-6-13(18-3)7-5-11/h4-7,10,12H,8-9H2,1-3H3,(H,16,17). The van der Waals surface area contributed by atoms with Crippen molar-refractivity contribution in [3.8, 4) is 5.75 Å². The lowest BCUT2D eigenvalue weighted by Crippen LogP contribution is -2.30. The highest BCUT2D eigenvalue weighted by Crippen LogP contribution is 2.12. The lowest BCUT2D eigenvalue weighted by atomic mass is 10.1. The van der Waals surface area contributed by atoms with Crippen molar-refractivity contribution < 1.29 is 9.53 Å². The molecule has 1 N–H and O–H groups in total. The molecule has 1 amide bonds. The molecule has 0 heterocycles. The Hall–Kier alpha value is -1.22. The van der Waals surface area contributed by atoms with Gasteiger partial charge >= 0.3 is 0 Å². The second-order valence-electron chi connectivity index (χ2n) is 4.67. The molecule has 18 heavy (non-hydrogen) atoms. The fourth-order valence-corrected chi connectivity index (χ4v) is 2.08. The Morgan fingerprint density at radius 1 is 1.33 bits per heavy atom. The van der Waals surface area contributed by atoms with Crippen LogP contribution in [0.2, 0.25) is 0 Å². The highest BCUT2D eigenvalue weighted by Gasteiger charge is 2.10. The Morgan fingerprint density at radius 2 is 1.94 bits per heavy atom. The van der Waals surface area contributed by atoms with Crippen LogP contribution in [-0.2, 0) is 0 Å². The number of halogens is 1. The molecule has 0 radical (unpaired) electrons. The molecular weight excluding hydrogens is 250 g/mol. The number of hydrogen-bond donors (Lipinski definition) is 1. The summed E-state index contributed by atoms with van der Waals surface area (Å²) in [5, 5.41) is 2.81. The SMILES string of the molecule is COc1ccc(C(=O)NCC(Cl)CC(C)C)cc1. The quantitative estimate of drug-likeness (QED) is 0.806. The van der Waals surface area contributed by atoms with E-state index in [1.807, 2.05) is 0 Å². The van der Waals surface area contributed by atoms with Crippen LogP contribution in [0.15, 0.2) is 24.3 Å². The molecule has 0 aromatic heterocycles. The van der Waals surface area contributed by atoms with E-state index in [4.69, 9.17) is 16.3 Å². The molecule has 0 saturated heterocycles. The summed E-state index contributed by atoms with van der Waals surface area (Å²) in [4.78, 5) is 11.8. The van der Waals surface area contributed by atoms with E-state index < -0.39 is 0 Å². The molecule has 0 aliphatic rings. The molecule has 0 bridgehead atoms. The van der Waals surface area contributed by atoms with Gasteiger partial charge in [-0.1, -0.05) is 13.8 Å². The van der Waals surface area contributed by atoms with Crippen molar-refractivity contribution >= 4 is 17.5 Å². The summed E-state index contributed by atoms with van der Waals surface area (Å²) < 4.78 is 5.04. The molecule has 0 fully saturated rings. The molecular formula is C14H20ClNO2. The zero-order chi connectivity index (χ0) is 13.5. The molecule has 0 saturated carbocycles. The number of hydrogen-bond acceptors (Lipinski definition) is 2. The molecule has 1 unspecified atom stereocenters. The van der Waals surface area contributed by atoms with Crippen LogP contribution in [0.1, 0.15) is 30.6 Å². The summed E-state index contributed by atoms with van der Waals surface area (Å²) in [6.07, 6.45) is 0.893. The first kappa shape index (κ1) is 14.8. The van der Waals surface area contributed by atoms with Gasteiger partial charge in [0.1, 0.15) is 5.75 Å². The van der Waals surface area contributed by atoms with Gasteiger partial charge in [0, 0.05) is 12.1 Å². The van der Waals surface area contributed by atoms with E-state index in [0.29, 0.717) is 18.0 Å². The number of rotatable bonds is 6. The van der Waals surface area contributed by atoms with Gasteiger partial charge in [-0.2, -0.15) is 0 Å². The maximum atomic E-state index is 11.8. The van der Waals surface area contributed by atoms with E-state index in [2.05, 4.69) is 19.2 Å². The number of carbonyl (C=O) groups excluding carboxylic acids is 1. The van der Waals surface area contributed by atoms with Crippen molar-refractivity contribution in [2.75, 3.05) is 13.7 Å². The van der Waals surface area contributed by atoms with E-state index in [1.54, 1.807) is 31.4 Å². The number of methoxy groups -OCH3 is 1. The number of nitrogens with one attached hydrogen (secondary N) is 1. The Bertz CT molecular complexity index is 376. The molecule has 0 spiro atoms. The van der Waals surface area contributed by atoms with Gasteiger partial charge in [0.15, 0.2) is 0 Å². The lowest BCUT2D eigenvalue weighted by Gasteiger charge is -2.13. The van der Waals surface area contributed by atoms with E-state index >= 15 is 0 Å². The van der Waals surface area contributed by atoms with Gasteiger partial charge in [-0.15, -0.1) is 11.6 Å². The number of alkyl halides is 1. The minimum atomic E-state index is -0.105. The molecule has 100 valence electrons. The van der Waals surface area contributed by atoms with Crippen LogP contribution in [0.5, 0.6) is 5.75 Å². The molecule has 4 heteroatoms. The van der Waals surface area contributed by atoms with Gasteiger partial charge in [0.2, 0.25) is 0 Å². The van der Waals surface area contributed by atoms with Gasteiger partial charge in [-0.25, -0.2) is 0 Å². The Morgan fingerprint density at radius 3 is 2.44 bits per heavy atom. The van der Waals surface area contributed by atoms with Gasteiger partial charge in [-0.3, -0.25) is 4.79 Å². The van der Waals surface area contributed by atoms with Crippen molar-refractivity contribution in [2.45, 2.75) is 25.6 Å². The fraction of sp³-hybridized carbons (Fsp3) is 0.500. The topological polar surface area (TPSA) is 38.3 Å². The van der Waals surface area contributed by atoms with Crippen molar-refractivity contribution in [3.05, 3.63) is 29.8 Å². The minimum absolute atomic E-state index is 0.0211. The first-order valence-corrected chi connectivity index (χ1v) is 6.53. The zero-order valence-electron chi connectivity index (χ0n) is 11.1. The second kappa shape index (κ2) is 7.27. The van der Waals surface area contributed by atoms with Crippen LogP contribution >= 0.6 is 11.6 Å². The summed E-state index contributed by atoms with van der Waals surface area (Å²) in [5.74, 6) is 1.17. The summed E-state index contributed by atoms with van der Waals surface area (Å²) in [6.45, 7) is 4.71. The molecule has 1 aromatic rings. The molecule has 0 aliphatic carbocycles. The van der Waals surface area contributed by atoms with Gasteiger partial charge < -0.3 is 10.1 Å². The predicted octanol–water partition coefficient (Wildman–Crippen LogP) is 3.08. The minimum Gasteiger partial charge on any atom is -0.497 e. The van der Waals surface area contributed by atoms with Crippen molar-refractivity contribution in [1.29, 1.82) is 0 Å². The van der Waals surface area contributed by atoms with E-state index in [9.17, 15) is 4.79 Å². The summed E-state index contributed by atoms with van der Waals surface area (Å²) in [7, 11) is 1.60. The van der Waals surface area contributed by atoms with Crippen LogP contribution in [0.4, 0.5) is 0 Å². The van der Waals surface area contributed by atoms with E-state index in [1.165, 1.54) is 0 Å². The summed E-state index contributed by atoms with van der Waals surface area (Å²) >= 11 is 6.12. The van der Waals surface area contributed by atoms with E-state index in [-0.39, 0.29) is 11.3 Å². The summed E-state index contributed by atoms with van der Waals surface area (Å²) in [5.41, 5.74) is 0.615. The highest BCUT2D eigenvalue weighted by atomic mass is 35.5. The third-order valence-electron chi connectivity index (χ3n) is 2.56. The Balaban J connectivity index is 2.44. The van der Waals surface area contributed by atoms with E-state index in [0.717, 1.165) is 12.2 Å². The molecule has 1 aromatic carbocycles. The normalized spacial score (nSPS) is 12.3. The van der Waals surface area contributed by atoms with Crippen LogP contribution < -0.4 is 10.1 Å². The monoisotopic (exact) mass is 269 g/mol. The zero-order valence-corrected chi connectivity index (χ0v) is 11.8. The largest absolute Gasteiger partial charge is 0.497 e. The van der Waals surface area contributed by atoms with Crippen molar-refractivity contribution in [2.24, 2.45) is 5.92 Å². The van der Waals surface area contributed by atoms with Crippen molar-refractivity contribution in [1.82, 2.24) is 5.32 Å². The maximum Gasteiger partial charge on any atom is 0.251 e. The maximum absolute atomic E-state index is 11.8. The van der Waals surface area contributed by atoms with Crippen LogP contribution in [0.25, 0.3) is 0 Å². The van der Waals surface area contributed by atoms with Crippen LogP contribution in [0, 0.1) is 5.92 Å². The average Bonchev–Trinajstić information content (AvgIpc) is 2.35. The van der Waals surface area contributed by atoms with Gasteiger partial charge in [0.25, 0.3) is 5.91 Å². The first-order chi connectivity index (χ1) is 8.52. The highest BCUT2D eigenvalue weighted by molar-refractivity contribution is 6.20. The third-order valence-corrected chi connectivity index (χ3v) is 2.90. The number of carbonyl (C=O) groups is 1. The Labute approximate surface area is 113 Å². The smallest absolute Gasteiger partial charge is 0.251 e. The van der Waals surface area contributed by atoms with Gasteiger partial charge in [-0.05, 0) is 36.6 Å².